The van der Waals surface area contributed by atoms with Crippen LogP contribution in [0.4, 0.5) is 0 Å². The zero-order chi connectivity index (χ0) is 33.9. The molecule has 0 N–H and O–H groups in total. The molecule has 0 aliphatic rings. The summed E-state index contributed by atoms with van der Waals surface area (Å²) in [5, 5.41) is 19.7. The normalized spacial score (nSPS) is 10.6. The molecule has 12 heteroatoms. The van der Waals surface area contributed by atoms with Crippen LogP contribution in [0.5, 0.6) is 11.5 Å². The van der Waals surface area contributed by atoms with Gasteiger partial charge in [-0.25, -0.2) is 0 Å². The number of aromatic nitrogens is 8. The van der Waals surface area contributed by atoms with Crippen LogP contribution < -0.4 is 43.9 Å². The molecule has 0 atom stereocenters. The molecule has 0 saturated carbocycles. The highest BCUT2D eigenvalue weighted by Gasteiger charge is 2.27. The van der Waals surface area contributed by atoms with Gasteiger partial charge in [-0.3, -0.25) is 0 Å². The minimum absolute atomic E-state index is 0. The van der Waals surface area contributed by atoms with Crippen molar-refractivity contribution in [3.63, 3.8) is 0 Å². The van der Waals surface area contributed by atoms with E-state index in [2.05, 4.69) is 0 Å². The number of hydrogen-bond donors (Lipinski definition) is 0. The fourth-order valence-corrected chi connectivity index (χ4v) is 5.82. The fourth-order valence-electron chi connectivity index (χ4n) is 5.82. The number of para-hydroxylation sites is 2. The zero-order valence-electron chi connectivity index (χ0n) is 28.2. The van der Waals surface area contributed by atoms with Gasteiger partial charge in [0.2, 0.25) is 0 Å². The molecule has 2 aromatic heterocycles. The van der Waals surface area contributed by atoms with E-state index in [4.69, 9.17) is 29.9 Å². The van der Waals surface area contributed by atoms with E-state index in [-0.39, 0.29) is 24.8 Å². The molecular formula is C40H32Cl2N8O2. The number of rotatable bonds is 9. The molecule has 52 heavy (non-hydrogen) atoms. The topological polar surface area (TPSA) is 87.6 Å². The first-order chi connectivity index (χ1) is 24.7. The van der Waals surface area contributed by atoms with E-state index in [0.717, 1.165) is 45.0 Å². The van der Waals surface area contributed by atoms with Gasteiger partial charge in [0.05, 0.1) is 35.5 Å². The second-order valence-corrected chi connectivity index (χ2v) is 11.4. The summed E-state index contributed by atoms with van der Waals surface area (Å²) in [7, 11) is 3.32. The van der Waals surface area contributed by atoms with Crippen molar-refractivity contribution in [3.05, 3.63) is 158 Å². The van der Waals surface area contributed by atoms with Gasteiger partial charge in [0, 0.05) is 26.8 Å². The molecule has 0 radical (unpaired) electrons. The molecule has 0 aliphatic heterocycles. The van der Waals surface area contributed by atoms with Gasteiger partial charge in [-0.2, -0.15) is 0 Å². The Bertz CT molecular complexity index is 2410. The summed E-state index contributed by atoms with van der Waals surface area (Å²) >= 11 is 0. The second kappa shape index (κ2) is 15.7. The lowest BCUT2D eigenvalue weighted by Crippen LogP contribution is -3.00. The van der Waals surface area contributed by atoms with E-state index in [9.17, 15) is 0 Å². The predicted molar refractivity (Wildman–Crippen MR) is 189 cm³/mol. The van der Waals surface area contributed by atoms with Crippen LogP contribution in [-0.4, -0.2) is 44.2 Å². The molecule has 0 bridgehead atoms. The molecule has 0 aliphatic carbocycles. The Labute approximate surface area is 312 Å². The van der Waals surface area contributed by atoms with Crippen LogP contribution >= 0.6 is 0 Å². The van der Waals surface area contributed by atoms with Crippen LogP contribution in [0.2, 0.25) is 0 Å². The van der Waals surface area contributed by atoms with E-state index in [1.807, 2.05) is 158 Å². The molecule has 0 spiro atoms. The lowest BCUT2D eigenvalue weighted by molar-refractivity contribution is -0.734. The van der Waals surface area contributed by atoms with Crippen LogP contribution in [-0.2, 0) is 0 Å². The summed E-state index contributed by atoms with van der Waals surface area (Å²) in [5.74, 6) is 2.51. The smallest absolute Gasteiger partial charge is 0.340 e. The second-order valence-electron chi connectivity index (χ2n) is 11.4. The number of ether oxygens (including phenoxy) is 2. The molecule has 0 saturated heterocycles. The van der Waals surface area contributed by atoms with Gasteiger partial charge in [-0.1, -0.05) is 72.8 Å². The third kappa shape index (κ3) is 6.85. The van der Waals surface area contributed by atoms with Gasteiger partial charge < -0.3 is 34.3 Å². The maximum atomic E-state index is 6.03. The average Bonchev–Trinajstić information content (AvgIpc) is 3.85. The lowest BCUT2D eigenvalue weighted by Gasteiger charge is -2.14. The first kappa shape index (κ1) is 35.5. The van der Waals surface area contributed by atoms with Crippen molar-refractivity contribution in [2.75, 3.05) is 14.2 Å². The van der Waals surface area contributed by atoms with E-state index in [0.29, 0.717) is 23.1 Å². The summed E-state index contributed by atoms with van der Waals surface area (Å²) < 4.78 is 11.9. The largest absolute Gasteiger partial charge is 1.00 e. The van der Waals surface area contributed by atoms with Crippen molar-refractivity contribution >= 4 is 0 Å². The van der Waals surface area contributed by atoms with Crippen molar-refractivity contribution in [1.82, 2.24) is 30.0 Å². The average molecular weight is 728 g/mol. The summed E-state index contributed by atoms with van der Waals surface area (Å²) in [5.41, 5.74) is 6.78. The molecule has 0 unspecified atom stereocenters. The number of halogens is 2. The highest BCUT2D eigenvalue weighted by Crippen LogP contribution is 2.38. The number of methoxy groups -OCH3 is 2. The van der Waals surface area contributed by atoms with Gasteiger partial charge in [-0.15, -0.1) is 0 Å². The predicted octanol–water partition coefficient (Wildman–Crippen LogP) is 0.428. The van der Waals surface area contributed by atoms with Crippen molar-refractivity contribution in [2.24, 2.45) is 0 Å². The molecular weight excluding hydrogens is 695 g/mol. The fraction of sp³-hybridized carbons (Fsp3) is 0.0500. The number of tetrazole rings is 2. The van der Waals surface area contributed by atoms with Crippen molar-refractivity contribution in [3.8, 4) is 68.2 Å². The first-order valence-electron chi connectivity index (χ1n) is 16.1. The molecule has 8 rings (SSSR count). The lowest BCUT2D eigenvalue weighted by atomic mass is 10.0. The van der Waals surface area contributed by atoms with Gasteiger partial charge in [0.1, 0.15) is 22.9 Å². The van der Waals surface area contributed by atoms with E-state index in [1.165, 1.54) is 0 Å². The Kier molecular flexibility index (Phi) is 10.7. The Morgan fingerprint density at radius 1 is 0.442 bits per heavy atom. The van der Waals surface area contributed by atoms with Gasteiger partial charge in [-0.05, 0) is 98.7 Å². The Morgan fingerprint density at radius 2 is 0.865 bits per heavy atom. The SMILES string of the molecule is COc1cc(-n2nc(-c3ccccc3)n[n+]2-c2ccccc2)ccc1-c1cc(-n2nc(-c3ccccc3)n[n+]2-c2ccccc2)ccc1OC.[Cl-].[Cl-]. The van der Waals surface area contributed by atoms with Gasteiger partial charge >= 0.3 is 11.6 Å². The maximum Gasteiger partial charge on any atom is 0.340 e. The highest BCUT2D eigenvalue weighted by atomic mass is 35.5. The maximum absolute atomic E-state index is 6.03. The van der Waals surface area contributed by atoms with Crippen LogP contribution in [0.25, 0.3) is 56.7 Å². The standard InChI is InChI=1S/C40H32N8O2.2ClH/c1-49-37-26-24-33(47-43-39(29-15-7-3-8-16-29)41-45(47)31-19-11-5-12-20-31)27-36(37)35-25-23-34(28-38(35)50-2)48-44-40(30-17-9-4-10-18-30)42-46(48)32-21-13-6-14-22-32;;/h3-28H,1-2H3;2*1H/q+2;;/p-2. The summed E-state index contributed by atoms with van der Waals surface area (Å²) in [4.78, 5) is 7.16. The van der Waals surface area contributed by atoms with Gasteiger partial charge in [0.15, 0.2) is 11.4 Å². The third-order valence-corrected chi connectivity index (χ3v) is 8.28. The summed E-state index contributed by atoms with van der Waals surface area (Å²) in [6.07, 6.45) is 0. The molecule has 8 aromatic rings. The summed E-state index contributed by atoms with van der Waals surface area (Å²) in [6.45, 7) is 0. The molecule has 0 fully saturated rings. The third-order valence-electron chi connectivity index (χ3n) is 8.28. The van der Waals surface area contributed by atoms with Crippen LogP contribution in [0, 0.1) is 0 Å². The Balaban J connectivity index is 0.00000232. The minimum Gasteiger partial charge on any atom is -1.00 e. The number of benzene rings is 6. The van der Waals surface area contributed by atoms with E-state index < -0.39 is 0 Å². The number of hydrogen-bond acceptors (Lipinski definition) is 6. The monoisotopic (exact) mass is 726 g/mol. The van der Waals surface area contributed by atoms with Crippen LogP contribution in [0.1, 0.15) is 0 Å². The van der Waals surface area contributed by atoms with Crippen LogP contribution in [0.3, 0.4) is 0 Å². The quantitative estimate of drug-likeness (QED) is 0.201. The zero-order valence-corrected chi connectivity index (χ0v) is 29.7. The molecule has 10 nitrogen and oxygen atoms in total. The molecule has 258 valence electrons. The highest BCUT2D eigenvalue weighted by molar-refractivity contribution is 5.78. The van der Waals surface area contributed by atoms with Crippen LogP contribution in [0.15, 0.2) is 158 Å². The van der Waals surface area contributed by atoms with E-state index in [1.54, 1.807) is 33.4 Å². The van der Waals surface area contributed by atoms with Crippen molar-refractivity contribution < 1.29 is 43.9 Å². The first-order valence-corrected chi connectivity index (χ1v) is 16.1. The Hall–Kier alpha value is -6.36. The Morgan fingerprint density at radius 3 is 1.33 bits per heavy atom. The minimum atomic E-state index is 0. The van der Waals surface area contributed by atoms with Gasteiger partial charge in [0.25, 0.3) is 0 Å². The molecule has 2 heterocycles. The molecule has 0 amide bonds. The van der Waals surface area contributed by atoms with Crippen molar-refractivity contribution in [1.29, 1.82) is 0 Å². The van der Waals surface area contributed by atoms with Crippen molar-refractivity contribution in [2.45, 2.75) is 0 Å². The van der Waals surface area contributed by atoms with E-state index >= 15 is 0 Å². The molecule has 6 aromatic carbocycles. The summed E-state index contributed by atoms with van der Waals surface area (Å²) in [6, 6.07) is 51.6. The number of nitrogens with zero attached hydrogens (tertiary/aromatic N) is 8.